The van der Waals surface area contributed by atoms with Crippen LogP contribution >= 0.6 is 22.9 Å². The number of nitrogens with zero attached hydrogens (tertiary/aromatic N) is 2. The molecule has 2 rings (SSSR count). The van der Waals surface area contributed by atoms with Gasteiger partial charge < -0.3 is 5.32 Å². The molecule has 0 fully saturated rings. The van der Waals surface area contributed by atoms with Crippen LogP contribution in [0.4, 0.5) is 5.69 Å². The summed E-state index contributed by atoms with van der Waals surface area (Å²) in [4.78, 5) is 9.37. The van der Waals surface area contributed by atoms with E-state index in [0.717, 1.165) is 17.2 Å². The Morgan fingerprint density at radius 1 is 1.47 bits per heavy atom. The van der Waals surface area contributed by atoms with Crippen LogP contribution < -0.4 is 5.32 Å². The lowest BCUT2D eigenvalue weighted by molar-refractivity contribution is 1.15. The van der Waals surface area contributed by atoms with E-state index in [-0.39, 0.29) is 0 Å². The minimum atomic E-state index is 0.686. The number of pyridine rings is 1. The van der Waals surface area contributed by atoms with Crippen LogP contribution in [0.25, 0.3) is 0 Å². The van der Waals surface area contributed by atoms with Gasteiger partial charge in [-0.15, -0.1) is 11.3 Å². The molecule has 5 heteroatoms. The molecule has 78 valence electrons. The van der Waals surface area contributed by atoms with Crippen molar-refractivity contribution in [3.63, 3.8) is 0 Å². The Labute approximate surface area is 97.2 Å². The molecule has 0 radical (unpaired) electrons. The van der Waals surface area contributed by atoms with E-state index in [4.69, 9.17) is 11.6 Å². The van der Waals surface area contributed by atoms with E-state index < -0.39 is 0 Å². The zero-order chi connectivity index (χ0) is 10.7. The van der Waals surface area contributed by atoms with Crippen LogP contribution in [0.2, 0.25) is 5.02 Å². The summed E-state index contributed by atoms with van der Waals surface area (Å²) >= 11 is 7.66. The number of hydrogen-bond acceptors (Lipinski definition) is 4. The van der Waals surface area contributed by atoms with Gasteiger partial charge in [-0.3, -0.25) is 4.98 Å². The van der Waals surface area contributed by atoms with Gasteiger partial charge >= 0.3 is 0 Å². The van der Waals surface area contributed by atoms with E-state index in [1.807, 2.05) is 13.1 Å². The van der Waals surface area contributed by atoms with Crippen molar-refractivity contribution in [2.45, 2.75) is 13.5 Å². The number of halogens is 1. The first kappa shape index (κ1) is 10.4. The fourth-order valence-corrected chi connectivity index (χ4v) is 2.08. The van der Waals surface area contributed by atoms with Gasteiger partial charge in [-0.25, -0.2) is 4.98 Å². The summed E-state index contributed by atoms with van der Waals surface area (Å²) in [6, 6.07) is 1.77. The van der Waals surface area contributed by atoms with Crippen molar-refractivity contribution < 1.29 is 0 Å². The molecule has 15 heavy (non-hydrogen) atoms. The number of nitrogens with one attached hydrogen (secondary N) is 1. The minimum absolute atomic E-state index is 0.686. The van der Waals surface area contributed by atoms with Crippen molar-refractivity contribution in [1.82, 2.24) is 9.97 Å². The highest BCUT2D eigenvalue weighted by atomic mass is 35.5. The maximum atomic E-state index is 5.98. The van der Waals surface area contributed by atoms with Gasteiger partial charge in [0.25, 0.3) is 0 Å². The average Bonchev–Trinajstić information content (AvgIpc) is 2.63. The summed E-state index contributed by atoms with van der Waals surface area (Å²) in [7, 11) is 0. The molecule has 0 atom stereocenters. The summed E-state index contributed by atoms with van der Waals surface area (Å²) in [6.45, 7) is 2.72. The molecule has 0 aliphatic heterocycles. The Bertz CT molecular complexity index is 455. The summed E-state index contributed by atoms with van der Waals surface area (Å²) < 4.78 is 0. The maximum absolute atomic E-state index is 5.98. The molecule has 0 saturated carbocycles. The van der Waals surface area contributed by atoms with Gasteiger partial charge in [-0.05, 0) is 13.0 Å². The second-order valence-electron chi connectivity index (χ2n) is 3.05. The van der Waals surface area contributed by atoms with E-state index in [1.54, 1.807) is 29.8 Å². The number of aryl methyl sites for hydroxylation is 1. The Kier molecular flexibility index (Phi) is 3.18. The van der Waals surface area contributed by atoms with Crippen molar-refractivity contribution in [2.24, 2.45) is 0 Å². The van der Waals surface area contributed by atoms with E-state index in [2.05, 4.69) is 15.3 Å². The molecular formula is C10H10ClN3S. The largest absolute Gasteiger partial charge is 0.378 e. The third-order valence-corrected chi connectivity index (χ3v) is 3.13. The van der Waals surface area contributed by atoms with Crippen LogP contribution in [0.5, 0.6) is 0 Å². The van der Waals surface area contributed by atoms with Crippen LogP contribution in [0.3, 0.4) is 0 Å². The highest BCUT2D eigenvalue weighted by molar-refractivity contribution is 7.11. The molecule has 2 heterocycles. The van der Waals surface area contributed by atoms with Crippen molar-refractivity contribution in [3.05, 3.63) is 39.6 Å². The molecule has 0 saturated heterocycles. The lowest BCUT2D eigenvalue weighted by Crippen LogP contribution is -1.98. The quantitative estimate of drug-likeness (QED) is 0.895. The highest BCUT2D eigenvalue weighted by Gasteiger charge is 2.01. The monoisotopic (exact) mass is 239 g/mol. The summed E-state index contributed by atoms with van der Waals surface area (Å²) in [6.07, 6.45) is 5.26. The maximum Gasteiger partial charge on any atom is 0.0897 e. The zero-order valence-corrected chi connectivity index (χ0v) is 9.77. The first-order chi connectivity index (χ1) is 7.25. The Balaban J connectivity index is 2.02. The molecule has 3 nitrogen and oxygen atoms in total. The lowest BCUT2D eigenvalue weighted by atomic mass is 10.4. The number of aromatic nitrogens is 2. The zero-order valence-electron chi connectivity index (χ0n) is 8.20. The van der Waals surface area contributed by atoms with Crippen LogP contribution in [0.15, 0.2) is 24.7 Å². The third kappa shape index (κ3) is 2.67. The number of anilines is 1. The molecule has 0 aliphatic rings. The third-order valence-electron chi connectivity index (χ3n) is 1.89. The van der Waals surface area contributed by atoms with Crippen LogP contribution in [-0.4, -0.2) is 9.97 Å². The molecule has 1 N–H and O–H groups in total. The van der Waals surface area contributed by atoms with Crippen molar-refractivity contribution in [2.75, 3.05) is 5.32 Å². The highest BCUT2D eigenvalue weighted by Crippen LogP contribution is 2.21. The van der Waals surface area contributed by atoms with E-state index in [9.17, 15) is 0 Å². The van der Waals surface area contributed by atoms with Gasteiger partial charge in [0.2, 0.25) is 0 Å². The Hall–Kier alpha value is -1.13. The standard InChI is InChI=1S/C10H10ClN3S/c1-7-13-4-8(15-7)5-14-10-6-12-3-2-9(10)11/h2-4,6,14H,5H2,1H3. The number of hydrogen-bond donors (Lipinski definition) is 1. The molecule has 0 aromatic carbocycles. The van der Waals surface area contributed by atoms with Gasteiger partial charge in [0.1, 0.15) is 0 Å². The molecule has 0 spiro atoms. The van der Waals surface area contributed by atoms with Gasteiger partial charge in [0.05, 0.1) is 28.5 Å². The summed E-state index contributed by atoms with van der Waals surface area (Å²) in [5.74, 6) is 0. The van der Waals surface area contributed by atoms with E-state index in [0.29, 0.717) is 5.02 Å². The molecule has 0 amide bonds. The fraction of sp³-hybridized carbons (Fsp3) is 0.200. The molecular weight excluding hydrogens is 230 g/mol. The molecule has 0 bridgehead atoms. The minimum Gasteiger partial charge on any atom is -0.378 e. The molecule has 0 aliphatic carbocycles. The molecule has 2 aromatic heterocycles. The van der Waals surface area contributed by atoms with Crippen molar-refractivity contribution in [1.29, 1.82) is 0 Å². The predicted octanol–water partition coefficient (Wildman–Crippen LogP) is 3.11. The second-order valence-corrected chi connectivity index (χ2v) is 4.78. The Morgan fingerprint density at radius 2 is 2.33 bits per heavy atom. The Morgan fingerprint density at radius 3 is 3.00 bits per heavy atom. The van der Waals surface area contributed by atoms with Gasteiger partial charge in [0, 0.05) is 17.3 Å². The molecule has 2 aromatic rings. The van der Waals surface area contributed by atoms with Gasteiger partial charge in [-0.2, -0.15) is 0 Å². The molecule has 0 unspecified atom stereocenters. The van der Waals surface area contributed by atoms with Crippen LogP contribution in [-0.2, 0) is 6.54 Å². The normalized spacial score (nSPS) is 10.3. The second kappa shape index (κ2) is 4.59. The predicted molar refractivity (Wildman–Crippen MR) is 63.4 cm³/mol. The summed E-state index contributed by atoms with van der Waals surface area (Å²) in [5, 5.41) is 4.98. The smallest absolute Gasteiger partial charge is 0.0897 e. The number of rotatable bonds is 3. The SMILES string of the molecule is Cc1ncc(CNc2cnccc2Cl)s1. The fourth-order valence-electron chi connectivity index (χ4n) is 1.18. The first-order valence-electron chi connectivity index (χ1n) is 4.50. The van der Waals surface area contributed by atoms with Crippen LogP contribution in [0.1, 0.15) is 9.88 Å². The lowest BCUT2D eigenvalue weighted by Gasteiger charge is -2.05. The van der Waals surface area contributed by atoms with E-state index >= 15 is 0 Å². The van der Waals surface area contributed by atoms with Crippen molar-refractivity contribution in [3.8, 4) is 0 Å². The average molecular weight is 240 g/mol. The first-order valence-corrected chi connectivity index (χ1v) is 5.70. The van der Waals surface area contributed by atoms with Gasteiger partial charge in [0.15, 0.2) is 0 Å². The van der Waals surface area contributed by atoms with E-state index in [1.165, 1.54) is 4.88 Å². The number of thiazole rings is 1. The van der Waals surface area contributed by atoms with Crippen LogP contribution in [0, 0.1) is 6.92 Å². The van der Waals surface area contributed by atoms with Gasteiger partial charge in [-0.1, -0.05) is 11.6 Å². The summed E-state index contributed by atoms with van der Waals surface area (Å²) in [5.41, 5.74) is 0.852. The topological polar surface area (TPSA) is 37.8 Å². The van der Waals surface area contributed by atoms with Crippen molar-refractivity contribution >= 4 is 28.6 Å².